The number of nitrogens with one attached hydrogen (secondary N) is 1. The summed E-state index contributed by atoms with van der Waals surface area (Å²) in [5, 5.41) is 19.6. The zero-order chi connectivity index (χ0) is 19.9. The van der Waals surface area contributed by atoms with Crippen LogP contribution >= 0.6 is 46.2 Å². The first-order valence-corrected chi connectivity index (χ1v) is 11.3. The Hall–Kier alpha value is -2.09. The van der Waals surface area contributed by atoms with E-state index >= 15 is 0 Å². The van der Waals surface area contributed by atoms with Crippen molar-refractivity contribution >= 4 is 58.0 Å². The van der Waals surface area contributed by atoms with E-state index in [2.05, 4.69) is 25.7 Å². The molecule has 0 atom stereocenters. The molecule has 0 aliphatic heterocycles. The number of nitrogens with zero attached hydrogens (tertiary/aromatic N) is 4. The van der Waals surface area contributed by atoms with Gasteiger partial charge in [-0.1, -0.05) is 58.3 Å². The monoisotopic (exact) mass is 456 g/mol. The Kier molecular flexibility index (Phi) is 7.30. The highest BCUT2D eigenvalue weighted by atomic mass is 32.2. The highest BCUT2D eigenvalue weighted by Crippen LogP contribution is 2.31. The van der Waals surface area contributed by atoms with Crippen LogP contribution in [-0.2, 0) is 17.1 Å². The Balaban J connectivity index is 1.47. The van der Waals surface area contributed by atoms with Crippen LogP contribution in [0, 0.1) is 5.82 Å². The molecule has 0 fully saturated rings. The maximum absolute atomic E-state index is 12.9. The van der Waals surface area contributed by atoms with E-state index in [-0.39, 0.29) is 29.0 Å². The van der Waals surface area contributed by atoms with Crippen LogP contribution in [0.1, 0.15) is 20.4 Å². The summed E-state index contributed by atoms with van der Waals surface area (Å²) in [7, 11) is 0. The Bertz CT molecular complexity index is 962. The van der Waals surface area contributed by atoms with Gasteiger partial charge in [-0.15, -0.1) is 20.4 Å². The number of aromatic nitrogens is 4. The Labute approximate surface area is 175 Å². The van der Waals surface area contributed by atoms with Gasteiger partial charge in [0.15, 0.2) is 8.68 Å². The number of amides is 2. The van der Waals surface area contributed by atoms with E-state index < -0.39 is 5.91 Å². The second-order valence-corrected chi connectivity index (χ2v) is 9.67. The highest BCUT2D eigenvalue weighted by Gasteiger charge is 2.14. The molecule has 2 aromatic heterocycles. The highest BCUT2D eigenvalue weighted by molar-refractivity contribution is 8.03. The van der Waals surface area contributed by atoms with Gasteiger partial charge in [-0.3, -0.25) is 9.59 Å². The van der Waals surface area contributed by atoms with Gasteiger partial charge < -0.3 is 11.1 Å². The molecule has 0 unspecified atom stereocenters. The van der Waals surface area contributed by atoms with Crippen molar-refractivity contribution in [3.8, 4) is 0 Å². The minimum absolute atomic E-state index is 0.159. The second kappa shape index (κ2) is 9.91. The summed E-state index contributed by atoms with van der Waals surface area (Å²) in [5.41, 5.74) is 5.89. The van der Waals surface area contributed by atoms with Gasteiger partial charge in [-0.25, -0.2) is 4.39 Å². The van der Waals surface area contributed by atoms with Gasteiger partial charge in [-0.2, -0.15) is 0 Å². The number of halogens is 1. The van der Waals surface area contributed by atoms with Crippen LogP contribution in [0.2, 0.25) is 0 Å². The molecule has 0 bridgehead atoms. The van der Waals surface area contributed by atoms with Crippen LogP contribution in [-0.4, -0.2) is 38.0 Å². The summed E-state index contributed by atoms with van der Waals surface area (Å²) in [4.78, 5) is 22.9. The molecule has 0 saturated carbocycles. The predicted molar refractivity (Wildman–Crippen MR) is 107 cm³/mol. The van der Waals surface area contributed by atoms with E-state index in [0.29, 0.717) is 15.1 Å². The fraction of sp³-hybridized carbons (Fsp3) is 0.200. The third-order valence-corrected chi connectivity index (χ3v) is 7.40. The smallest absolute Gasteiger partial charge is 0.282 e. The van der Waals surface area contributed by atoms with Gasteiger partial charge in [0.1, 0.15) is 10.8 Å². The lowest BCUT2D eigenvalue weighted by molar-refractivity contribution is -0.115. The van der Waals surface area contributed by atoms with Crippen molar-refractivity contribution in [1.29, 1.82) is 0 Å². The van der Waals surface area contributed by atoms with Crippen molar-refractivity contribution in [1.82, 2.24) is 25.7 Å². The number of primary amides is 1. The molecule has 2 heterocycles. The number of nitrogens with two attached hydrogens (primary N) is 1. The van der Waals surface area contributed by atoms with Crippen molar-refractivity contribution in [2.75, 3.05) is 5.75 Å². The van der Waals surface area contributed by atoms with E-state index in [1.54, 1.807) is 12.1 Å². The maximum atomic E-state index is 12.9. The molecule has 2 amide bonds. The summed E-state index contributed by atoms with van der Waals surface area (Å²) in [6.07, 6.45) is 0. The van der Waals surface area contributed by atoms with Gasteiger partial charge >= 0.3 is 0 Å². The molecular formula is C15H13FN6O2S4. The molecular weight excluding hydrogens is 443 g/mol. The lowest BCUT2D eigenvalue weighted by atomic mass is 10.2. The largest absolute Gasteiger partial charge is 0.369 e. The van der Waals surface area contributed by atoms with Crippen molar-refractivity contribution in [2.24, 2.45) is 5.73 Å². The molecule has 146 valence electrons. The number of hydrogen-bond donors (Lipinski definition) is 2. The summed E-state index contributed by atoms with van der Waals surface area (Å²) >= 11 is 5.22. The molecule has 13 heteroatoms. The van der Waals surface area contributed by atoms with Crippen molar-refractivity contribution < 1.29 is 14.0 Å². The number of rotatable bonds is 9. The molecule has 3 rings (SSSR count). The lowest BCUT2D eigenvalue weighted by Gasteiger charge is -2.02. The number of thioether (sulfide) groups is 2. The zero-order valence-corrected chi connectivity index (χ0v) is 17.4. The Morgan fingerprint density at radius 3 is 2.46 bits per heavy atom. The van der Waals surface area contributed by atoms with Crippen LogP contribution < -0.4 is 11.1 Å². The zero-order valence-electron chi connectivity index (χ0n) is 14.1. The first kappa shape index (κ1) is 20.6. The van der Waals surface area contributed by atoms with E-state index in [4.69, 9.17) is 5.73 Å². The van der Waals surface area contributed by atoms with Gasteiger partial charge in [0, 0.05) is 6.54 Å². The van der Waals surface area contributed by atoms with Crippen LogP contribution in [0.5, 0.6) is 0 Å². The second-order valence-electron chi connectivity index (χ2n) is 5.19. The fourth-order valence-corrected chi connectivity index (χ4v) is 5.33. The minimum atomic E-state index is -0.409. The first-order valence-electron chi connectivity index (χ1n) is 7.72. The molecule has 28 heavy (non-hydrogen) atoms. The van der Waals surface area contributed by atoms with Gasteiger partial charge in [0.25, 0.3) is 5.91 Å². The Morgan fingerprint density at radius 1 is 1.04 bits per heavy atom. The van der Waals surface area contributed by atoms with Crippen LogP contribution in [0.3, 0.4) is 0 Å². The molecule has 0 saturated heterocycles. The summed E-state index contributed by atoms with van der Waals surface area (Å²) < 4.78 is 14.3. The number of carbonyl (C=O) groups is 2. The Morgan fingerprint density at radius 2 is 1.75 bits per heavy atom. The summed E-state index contributed by atoms with van der Waals surface area (Å²) in [6, 6.07) is 5.89. The SMILES string of the molecule is NC(=O)CSc1nnc(SCc2nnc(C(=O)NCc3ccc(F)cc3)s2)s1. The molecule has 0 spiro atoms. The molecule has 8 nitrogen and oxygen atoms in total. The maximum Gasteiger partial charge on any atom is 0.282 e. The number of hydrogen-bond acceptors (Lipinski definition) is 10. The topological polar surface area (TPSA) is 124 Å². The van der Waals surface area contributed by atoms with Crippen molar-refractivity contribution in [2.45, 2.75) is 21.0 Å². The lowest BCUT2D eigenvalue weighted by Crippen LogP contribution is -2.22. The minimum Gasteiger partial charge on any atom is -0.369 e. The quantitative estimate of drug-likeness (QED) is 0.470. The van der Waals surface area contributed by atoms with Crippen LogP contribution in [0.4, 0.5) is 4.39 Å². The van der Waals surface area contributed by atoms with E-state index in [0.717, 1.165) is 9.90 Å². The van der Waals surface area contributed by atoms with E-state index in [9.17, 15) is 14.0 Å². The third kappa shape index (κ3) is 6.22. The molecule has 0 radical (unpaired) electrons. The number of carbonyl (C=O) groups excluding carboxylic acids is 2. The first-order chi connectivity index (χ1) is 13.5. The molecule has 0 aliphatic rings. The fourth-order valence-electron chi connectivity index (χ4n) is 1.83. The van der Waals surface area contributed by atoms with Gasteiger partial charge in [-0.05, 0) is 17.7 Å². The summed E-state index contributed by atoms with van der Waals surface area (Å²) in [5.74, 6) is -0.410. The van der Waals surface area contributed by atoms with Crippen LogP contribution in [0.15, 0.2) is 32.9 Å². The molecule has 3 aromatic rings. The van der Waals surface area contributed by atoms with Gasteiger partial charge in [0.2, 0.25) is 10.9 Å². The van der Waals surface area contributed by atoms with Gasteiger partial charge in [0.05, 0.1) is 11.5 Å². The van der Waals surface area contributed by atoms with Crippen molar-refractivity contribution in [3.63, 3.8) is 0 Å². The normalized spacial score (nSPS) is 10.8. The number of benzene rings is 1. The van der Waals surface area contributed by atoms with E-state index in [1.807, 2.05) is 0 Å². The summed E-state index contributed by atoms with van der Waals surface area (Å²) in [6.45, 7) is 0.277. The van der Waals surface area contributed by atoms with Crippen molar-refractivity contribution in [3.05, 3.63) is 45.7 Å². The predicted octanol–water partition coefficient (Wildman–Crippen LogP) is 2.33. The molecule has 1 aromatic carbocycles. The molecule has 3 N–H and O–H groups in total. The standard InChI is InChI=1S/C15H13FN6O2S4/c16-9-3-1-8(2-4-9)5-18-12(24)13-20-19-11(27-13)7-26-15-22-21-14(28-15)25-6-10(17)23/h1-4H,5-7H2,(H2,17,23)(H,18,24). The van der Waals surface area contributed by atoms with E-state index in [1.165, 1.54) is 58.3 Å². The third-order valence-electron chi connectivity index (χ3n) is 3.07. The van der Waals surface area contributed by atoms with Crippen LogP contribution in [0.25, 0.3) is 0 Å². The molecule has 0 aliphatic carbocycles. The average molecular weight is 457 g/mol. The average Bonchev–Trinajstić information content (AvgIpc) is 3.33.